The molecule has 1 amide bonds. The maximum atomic E-state index is 12.5. The molecule has 0 spiro atoms. The van der Waals surface area contributed by atoms with Crippen LogP contribution in [-0.4, -0.2) is 70.2 Å². The molecular formula is C34H57NO8. The number of rotatable bonds is 12. The first-order chi connectivity index (χ1) is 20.3. The molecule has 10 atom stereocenters. The van der Waals surface area contributed by atoms with Crippen LogP contribution in [0.25, 0.3) is 0 Å². The van der Waals surface area contributed by atoms with Gasteiger partial charge in [-0.2, -0.15) is 0 Å². The van der Waals surface area contributed by atoms with Gasteiger partial charge < -0.3 is 35.2 Å². The fourth-order valence-electron chi connectivity index (χ4n) is 9.64. The lowest BCUT2D eigenvalue weighted by molar-refractivity contribution is -0.184. The molecule has 0 radical (unpaired) electrons. The molecule has 5 N–H and O–H groups in total. The second-order valence-corrected chi connectivity index (χ2v) is 15.0. The first-order valence-electron chi connectivity index (χ1n) is 16.8. The van der Waals surface area contributed by atoms with E-state index in [-0.39, 0.29) is 24.7 Å². The predicted molar refractivity (Wildman–Crippen MR) is 163 cm³/mol. The van der Waals surface area contributed by atoms with E-state index in [1.807, 2.05) is 0 Å². The Morgan fingerprint density at radius 1 is 1.00 bits per heavy atom. The summed E-state index contributed by atoms with van der Waals surface area (Å²) in [7, 11) is 0. The summed E-state index contributed by atoms with van der Waals surface area (Å²) in [6.45, 7) is 12.0. The van der Waals surface area contributed by atoms with Gasteiger partial charge in [-0.3, -0.25) is 0 Å². The van der Waals surface area contributed by atoms with E-state index in [0.29, 0.717) is 11.3 Å². The third kappa shape index (κ3) is 7.42. The number of carbonyl (C=O) groups is 2. The summed E-state index contributed by atoms with van der Waals surface area (Å²) in [4.78, 5) is 24.1. The molecule has 3 unspecified atom stereocenters. The number of esters is 1. The number of ether oxygens (including phenoxy) is 2. The van der Waals surface area contributed by atoms with Crippen LogP contribution in [-0.2, 0) is 14.3 Å². The largest absolute Gasteiger partial charge is 0.462 e. The Morgan fingerprint density at radius 2 is 1.74 bits per heavy atom. The number of amides is 1. The average molecular weight is 608 g/mol. The van der Waals surface area contributed by atoms with Gasteiger partial charge in [-0.05, 0) is 91.3 Å². The molecule has 0 aliphatic heterocycles. The van der Waals surface area contributed by atoms with Crippen LogP contribution in [0.2, 0.25) is 0 Å². The van der Waals surface area contributed by atoms with Gasteiger partial charge in [-0.25, -0.2) is 9.59 Å². The first-order valence-corrected chi connectivity index (χ1v) is 16.8. The second kappa shape index (κ2) is 14.2. The van der Waals surface area contributed by atoms with Crippen molar-refractivity contribution in [2.45, 2.75) is 130 Å². The maximum Gasteiger partial charge on any atom is 0.407 e. The molecule has 9 nitrogen and oxygen atoms in total. The smallest absolute Gasteiger partial charge is 0.407 e. The van der Waals surface area contributed by atoms with Crippen LogP contribution in [0.4, 0.5) is 4.79 Å². The molecule has 0 aromatic heterocycles. The summed E-state index contributed by atoms with van der Waals surface area (Å²) in [5.41, 5.74) is 2.08. The van der Waals surface area contributed by atoms with Crippen molar-refractivity contribution in [2.75, 3.05) is 13.2 Å². The fourth-order valence-corrected chi connectivity index (χ4v) is 9.64. The summed E-state index contributed by atoms with van der Waals surface area (Å²) in [5.74, 6) is 3.50. The zero-order chi connectivity index (χ0) is 31.5. The zero-order valence-corrected chi connectivity index (χ0v) is 27.0. The first kappa shape index (κ1) is 34.2. The zero-order valence-electron chi connectivity index (χ0n) is 27.0. The Morgan fingerprint density at radius 3 is 2.44 bits per heavy atom. The van der Waals surface area contributed by atoms with Gasteiger partial charge in [0.15, 0.2) is 12.4 Å². The van der Waals surface area contributed by atoms with E-state index >= 15 is 0 Å². The lowest BCUT2D eigenvalue weighted by Gasteiger charge is -2.58. The molecule has 4 rings (SSSR count). The predicted octanol–water partition coefficient (Wildman–Crippen LogP) is 4.70. The van der Waals surface area contributed by atoms with Gasteiger partial charge in [0.1, 0.15) is 18.8 Å². The number of hydrogen-bond donors (Lipinski definition) is 5. The highest BCUT2D eigenvalue weighted by Crippen LogP contribution is 2.67. The van der Waals surface area contributed by atoms with E-state index < -0.39 is 30.6 Å². The third-order valence-corrected chi connectivity index (χ3v) is 12.0. The summed E-state index contributed by atoms with van der Waals surface area (Å²) >= 11 is 0. The van der Waals surface area contributed by atoms with Gasteiger partial charge in [0.2, 0.25) is 0 Å². The number of fused-ring (bicyclic) bond motifs is 5. The lowest BCUT2D eigenvalue weighted by atomic mass is 9.47. The summed E-state index contributed by atoms with van der Waals surface area (Å²) in [6, 6.07) is 0. The van der Waals surface area contributed by atoms with Crippen molar-refractivity contribution in [1.82, 2.24) is 5.32 Å². The molecule has 0 aromatic carbocycles. The van der Waals surface area contributed by atoms with Crippen molar-refractivity contribution in [1.29, 1.82) is 0 Å². The number of carbonyl (C=O) groups excluding carboxylic acids is 2. The SMILES string of the molecule is CC(C)CCC[C@@H](C)[C@H]1CCC2C3CC=C4C[C@@H](OC(=O)NCCOC(=O)[C@@H](O)[C@H](O)C(O)O)CC[C@]4(C)C3CC[C@@]21C. The highest BCUT2D eigenvalue weighted by Gasteiger charge is 2.59. The van der Waals surface area contributed by atoms with Crippen LogP contribution >= 0.6 is 0 Å². The van der Waals surface area contributed by atoms with Crippen LogP contribution in [0, 0.1) is 46.3 Å². The highest BCUT2D eigenvalue weighted by molar-refractivity contribution is 5.75. The Hall–Kier alpha value is -1.68. The minimum absolute atomic E-state index is 0.0382. The molecule has 4 aliphatic rings. The minimum atomic E-state index is -2.27. The van der Waals surface area contributed by atoms with E-state index in [4.69, 9.17) is 19.7 Å². The molecule has 246 valence electrons. The number of allylic oxidation sites excluding steroid dienone is 1. The fraction of sp³-hybridized carbons (Fsp3) is 0.882. The van der Waals surface area contributed by atoms with Gasteiger partial charge in [-0.15, -0.1) is 0 Å². The number of hydrogen-bond acceptors (Lipinski definition) is 8. The molecule has 43 heavy (non-hydrogen) atoms. The van der Waals surface area contributed by atoms with Crippen LogP contribution in [0.3, 0.4) is 0 Å². The normalized spacial score (nSPS) is 35.7. The molecule has 0 saturated heterocycles. The van der Waals surface area contributed by atoms with E-state index in [0.717, 1.165) is 55.3 Å². The second-order valence-electron chi connectivity index (χ2n) is 15.0. The van der Waals surface area contributed by atoms with Gasteiger partial charge >= 0.3 is 12.1 Å². The van der Waals surface area contributed by atoms with Crippen molar-refractivity contribution in [3.63, 3.8) is 0 Å². The van der Waals surface area contributed by atoms with Crippen molar-refractivity contribution in [3.05, 3.63) is 11.6 Å². The van der Waals surface area contributed by atoms with Crippen LogP contribution in [0.15, 0.2) is 11.6 Å². The van der Waals surface area contributed by atoms with Gasteiger partial charge in [0.25, 0.3) is 0 Å². The van der Waals surface area contributed by atoms with Crippen LogP contribution in [0.1, 0.15) is 105 Å². The summed E-state index contributed by atoms with van der Waals surface area (Å²) < 4.78 is 10.5. The molecule has 3 saturated carbocycles. The number of nitrogens with one attached hydrogen (secondary N) is 1. The van der Waals surface area contributed by atoms with E-state index in [1.165, 1.54) is 50.5 Å². The Bertz CT molecular complexity index is 999. The standard InChI is InChI=1S/C34H57NO8/c1-20(2)7-6-8-21(3)25-11-12-26-24-10-9-22-19-23(13-15-33(22,4)27(24)14-16-34(25,26)5)43-32(41)35-17-18-42-31(40)29(37)28(36)30(38)39/h9,20-21,23-30,36-39H,6-8,10-19H2,1-5H3,(H,35,41)/t21-,23+,24?,25-,26?,27?,28+,29+,33+,34-/m1/s1. The highest BCUT2D eigenvalue weighted by atomic mass is 16.6. The Kier molecular flexibility index (Phi) is 11.3. The number of aliphatic hydroxyl groups excluding tert-OH is 3. The van der Waals surface area contributed by atoms with Crippen molar-refractivity contribution >= 4 is 12.1 Å². The number of aliphatic hydroxyl groups is 4. The van der Waals surface area contributed by atoms with Crippen molar-refractivity contribution < 1.29 is 39.5 Å². The summed E-state index contributed by atoms with van der Waals surface area (Å²) in [6.07, 6.45) is 8.46. The monoisotopic (exact) mass is 607 g/mol. The van der Waals surface area contributed by atoms with Gasteiger partial charge in [-0.1, -0.05) is 65.5 Å². The minimum Gasteiger partial charge on any atom is -0.462 e. The topological polar surface area (TPSA) is 146 Å². The molecule has 0 heterocycles. The van der Waals surface area contributed by atoms with Gasteiger partial charge in [0.05, 0.1) is 6.54 Å². The molecule has 3 fully saturated rings. The van der Waals surface area contributed by atoms with Crippen molar-refractivity contribution in [3.8, 4) is 0 Å². The molecule has 4 aliphatic carbocycles. The van der Waals surface area contributed by atoms with E-state index in [2.05, 4.69) is 46.0 Å². The number of alkyl carbamates (subject to hydrolysis) is 1. The van der Waals surface area contributed by atoms with Crippen LogP contribution in [0.5, 0.6) is 0 Å². The summed E-state index contributed by atoms with van der Waals surface area (Å²) in [5, 5.41) is 39.2. The average Bonchev–Trinajstić information content (AvgIpc) is 3.31. The third-order valence-electron chi connectivity index (χ3n) is 12.0. The molecular weight excluding hydrogens is 550 g/mol. The van der Waals surface area contributed by atoms with Gasteiger partial charge in [0, 0.05) is 6.42 Å². The van der Waals surface area contributed by atoms with Crippen molar-refractivity contribution in [2.24, 2.45) is 46.3 Å². The van der Waals surface area contributed by atoms with E-state index in [9.17, 15) is 19.8 Å². The maximum absolute atomic E-state index is 12.5. The van der Waals surface area contributed by atoms with E-state index in [1.54, 1.807) is 0 Å². The Labute approximate surface area is 257 Å². The molecule has 0 bridgehead atoms. The lowest BCUT2D eigenvalue weighted by Crippen LogP contribution is -2.51. The molecule has 0 aromatic rings. The quantitative estimate of drug-likeness (QED) is 0.0929. The molecule has 9 heteroatoms. The Balaban J connectivity index is 1.26. The van der Waals surface area contributed by atoms with Crippen LogP contribution < -0.4 is 5.32 Å².